The molecular formula is C12H15N5. The molecule has 0 spiro atoms. The van der Waals surface area contributed by atoms with Gasteiger partial charge in [0.05, 0.1) is 0 Å². The number of nitrogens with zero attached hydrogens (tertiary/aromatic N) is 4. The lowest BCUT2D eigenvalue weighted by Gasteiger charge is -2.16. The molecule has 0 saturated heterocycles. The second-order valence-corrected chi connectivity index (χ2v) is 4.08. The monoisotopic (exact) mass is 229 g/mol. The molecule has 2 rings (SSSR count). The number of hydrogen-bond donors (Lipinski definition) is 1. The van der Waals surface area contributed by atoms with E-state index < -0.39 is 0 Å². The standard InChI is InChI=1S/C12H15N5/c1-8-4-9(17(2)3)5-10(13)11(8)12-15-6-14-7-16-12/h4-7H,13H2,1-3H3. The van der Waals surface area contributed by atoms with E-state index in [2.05, 4.69) is 21.0 Å². The number of aromatic nitrogens is 3. The Morgan fingerprint density at radius 2 is 1.76 bits per heavy atom. The van der Waals surface area contributed by atoms with Crippen LogP contribution in [0.3, 0.4) is 0 Å². The van der Waals surface area contributed by atoms with Crippen LogP contribution in [0.15, 0.2) is 24.8 Å². The van der Waals surface area contributed by atoms with E-state index in [-0.39, 0.29) is 0 Å². The maximum absolute atomic E-state index is 6.06. The lowest BCUT2D eigenvalue weighted by Crippen LogP contribution is -2.10. The fourth-order valence-corrected chi connectivity index (χ4v) is 1.73. The molecule has 0 fully saturated rings. The molecule has 1 aromatic heterocycles. The third-order valence-corrected chi connectivity index (χ3v) is 2.58. The zero-order valence-corrected chi connectivity index (χ0v) is 10.2. The van der Waals surface area contributed by atoms with E-state index in [9.17, 15) is 0 Å². The summed E-state index contributed by atoms with van der Waals surface area (Å²) in [4.78, 5) is 14.1. The van der Waals surface area contributed by atoms with Crippen molar-refractivity contribution in [1.29, 1.82) is 0 Å². The molecular weight excluding hydrogens is 214 g/mol. The quantitative estimate of drug-likeness (QED) is 0.790. The van der Waals surface area contributed by atoms with Crippen molar-refractivity contribution >= 4 is 11.4 Å². The van der Waals surface area contributed by atoms with Crippen LogP contribution in [0.1, 0.15) is 5.56 Å². The third-order valence-electron chi connectivity index (χ3n) is 2.58. The first-order valence-electron chi connectivity index (χ1n) is 5.29. The first-order chi connectivity index (χ1) is 8.09. The molecule has 0 aliphatic rings. The van der Waals surface area contributed by atoms with Gasteiger partial charge in [0.15, 0.2) is 5.82 Å². The summed E-state index contributed by atoms with van der Waals surface area (Å²) in [6, 6.07) is 3.99. The molecule has 0 unspecified atom stereocenters. The average Bonchev–Trinajstić information content (AvgIpc) is 2.29. The van der Waals surface area contributed by atoms with Gasteiger partial charge in [0.25, 0.3) is 0 Å². The number of nitrogen functional groups attached to an aromatic ring is 1. The van der Waals surface area contributed by atoms with Gasteiger partial charge < -0.3 is 10.6 Å². The SMILES string of the molecule is Cc1cc(N(C)C)cc(N)c1-c1ncncn1. The zero-order valence-electron chi connectivity index (χ0n) is 10.2. The Morgan fingerprint density at radius 3 is 2.29 bits per heavy atom. The molecule has 0 saturated carbocycles. The lowest BCUT2D eigenvalue weighted by atomic mass is 10.0. The van der Waals surface area contributed by atoms with Gasteiger partial charge in [0.2, 0.25) is 0 Å². The van der Waals surface area contributed by atoms with Crippen LogP contribution < -0.4 is 10.6 Å². The van der Waals surface area contributed by atoms with Crippen molar-refractivity contribution in [2.24, 2.45) is 0 Å². The van der Waals surface area contributed by atoms with Crippen LogP contribution in [0.4, 0.5) is 11.4 Å². The van der Waals surface area contributed by atoms with E-state index in [0.717, 1.165) is 16.8 Å². The molecule has 5 heteroatoms. The number of aryl methyl sites for hydroxylation is 1. The summed E-state index contributed by atoms with van der Waals surface area (Å²) >= 11 is 0. The first-order valence-corrected chi connectivity index (χ1v) is 5.29. The van der Waals surface area contributed by atoms with Crippen LogP contribution in [0.25, 0.3) is 11.4 Å². The molecule has 5 nitrogen and oxygen atoms in total. The minimum absolute atomic E-state index is 0.611. The molecule has 0 amide bonds. The molecule has 17 heavy (non-hydrogen) atoms. The van der Waals surface area contributed by atoms with Crippen molar-refractivity contribution in [3.8, 4) is 11.4 Å². The maximum atomic E-state index is 6.06. The number of benzene rings is 1. The van der Waals surface area contributed by atoms with Gasteiger partial charge >= 0.3 is 0 Å². The highest BCUT2D eigenvalue weighted by molar-refractivity contribution is 5.78. The van der Waals surface area contributed by atoms with Crippen LogP contribution in [-0.2, 0) is 0 Å². The molecule has 0 radical (unpaired) electrons. The first kappa shape index (κ1) is 11.3. The Bertz CT molecular complexity index is 499. The van der Waals surface area contributed by atoms with E-state index in [1.54, 1.807) is 0 Å². The number of hydrogen-bond acceptors (Lipinski definition) is 5. The molecule has 88 valence electrons. The Kier molecular flexibility index (Phi) is 2.91. The second-order valence-electron chi connectivity index (χ2n) is 4.08. The van der Waals surface area contributed by atoms with Gasteiger partial charge in [-0.1, -0.05) is 0 Å². The smallest absolute Gasteiger partial charge is 0.164 e. The van der Waals surface area contributed by atoms with E-state index in [4.69, 9.17) is 5.73 Å². The number of rotatable bonds is 2. The number of anilines is 2. The molecule has 1 aromatic carbocycles. The third kappa shape index (κ3) is 2.18. The highest BCUT2D eigenvalue weighted by Gasteiger charge is 2.11. The Balaban J connectivity index is 2.57. The Hall–Kier alpha value is -2.17. The van der Waals surface area contributed by atoms with Crippen molar-refractivity contribution in [2.75, 3.05) is 24.7 Å². The van der Waals surface area contributed by atoms with Crippen LogP contribution in [-0.4, -0.2) is 29.0 Å². The van der Waals surface area contributed by atoms with Crippen LogP contribution in [0.5, 0.6) is 0 Å². The van der Waals surface area contributed by atoms with Crippen LogP contribution in [0, 0.1) is 6.92 Å². The Morgan fingerprint density at radius 1 is 1.12 bits per heavy atom. The fourth-order valence-electron chi connectivity index (χ4n) is 1.73. The van der Waals surface area contributed by atoms with Gasteiger partial charge in [-0.15, -0.1) is 0 Å². The molecule has 0 bridgehead atoms. The summed E-state index contributed by atoms with van der Waals surface area (Å²) in [6.07, 6.45) is 2.95. The molecule has 0 aliphatic carbocycles. The van der Waals surface area contributed by atoms with Crippen LogP contribution >= 0.6 is 0 Å². The predicted molar refractivity (Wildman–Crippen MR) is 68.7 cm³/mol. The van der Waals surface area contributed by atoms with Gasteiger partial charge in [0.1, 0.15) is 12.7 Å². The summed E-state index contributed by atoms with van der Waals surface area (Å²) in [7, 11) is 3.97. The topological polar surface area (TPSA) is 67.9 Å². The van der Waals surface area contributed by atoms with E-state index in [1.807, 2.05) is 32.0 Å². The van der Waals surface area contributed by atoms with E-state index in [1.165, 1.54) is 12.7 Å². The molecule has 0 atom stereocenters. The summed E-state index contributed by atoms with van der Waals surface area (Å²) in [5.41, 5.74) is 9.74. The van der Waals surface area contributed by atoms with Crippen molar-refractivity contribution in [2.45, 2.75) is 6.92 Å². The van der Waals surface area contributed by atoms with Gasteiger partial charge in [-0.3, -0.25) is 0 Å². The summed E-state index contributed by atoms with van der Waals surface area (Å²) in [6.45, 7) is 2.00. The van der Waals surface area contributed by atoms with Gasteiger partial charge in [-0.25, -0.2) is 15.0 Å². The van der Waals surface area contributed by atoms with Gasteiger partial charge in [0, 0.05) is 31.0 Å². The van der Waals surface area contributed by atoms with E-state index in [0.29, 0.717) is 11.5 Å². The minimum Gasteiger partial charge on any atom is -0.398 e. The zero-order chi connectivity index (χ0) is 12.4. The largest absolute Gasteiger partial charge is 0.398 e. The highest BCUT2D eigenvalue weighted by Crippen LogP contribution is 2.30. The molecule has 2 N–H and O–H groups in total. The van der Waals surface area contributed by atoms with Gasteiger partial charge in [-0.05, 0) is 24.6 Å². The molecule has 1 heterocycles. The average molecular weight is 229 g/mol. The lowest BCUT2D eigenvalue weighted by molar-refractivity contribution is 1.05. The van der Waals surface area contributed by atoms with Crippen LogP contribution in [0.2, 0.25) is 0 Å². The fraction of sp³-hybridized carbons (Fsp3) is 0.250. The maximum Gasteiger partial charge on any atom is 0.164 e. The van der Waals surface area contributed by atoms with Crippen molar-refractivity contribution in [1.82, 2.24) is 15.0 Å². The number of nitrogens with two attached hydrogens (primary N) is 1. The molecule has 2 aromatic rings. The summed E-state index contributed by atoms with van der Waals surface area (Å²) in [5, 5.41) is 0. The Labute approximate surface area is 100 Å². The predicted octanol–water partition coefficient (Wildman–Crippen LogP) is 1.50. The second kappa shape index (κ2) is 4.37. The summed E-state index contributed by atoms with van der Waals surface area (Å²) in [5.74, 6) is 0.611. The molecule has 0 aliphatic heterocycles. The summed E-state index contributed by atoms with van der Waals surface area (Å²) < 4.78 is 0. The minimum atomic E-state index is 0.611. The van der Waals surface area contributed by atoms with Gasteiger partial charge in [-0.2, -0.15) is 0 Å². The van der Waals surface area contributed by atoms with E-state index >= 15 is 0 Å². The highest BCUT2D eigenvalue weighted by atomic mass is 15.1. The van der Waals surface area contributed by atoms with Crippen molar-refractivity contribution in [3.63, 3.8) is 0 Å². The van der Waals surface area contributed by atoms with Crippen molar-refractivity contribution < 1.29 is 0 Å². The normalized spacial score (nSPS) is 10.3. The van der Waals surface area contributed by atoms with Crippen molar-refractivity contribution in [3.05, 3.63) is 30.4 Å².